The van der Waals surface area contributed by atoms with E-state index in [0.29, 0.717) is 0 Å². The molecule has 3 atom stereocenters. The molecule has 0 unspecified atom stereocenters. The highest BCUT2D eigenvalue weighted by atomic mass is 16.5. The van der Waals surface area contributed by atoms with Crippen molar-refractivity contribution in [3.05, 3.63) is 0 Å². The van der Waals surface area contributed by atoms with Gasteiger partial charge in [-0.25, -0.2) is 0 Å². The third-order valence-corrected chi connectivity index (χ3v) is 2.83. The van der Waals surface area contributed by atoms with Gasteiger partial charge in [-0.05, 0) is 48.8 Å². The standard InChI is InChI=1S/C5H11NO2.C5H11NO.C4H9NO2.2CH4/c1-4(6-2)5(7)8-3;1-4(6-3)5(2)7;1-3(5-2)4(6)7;;/h4,6H,1-3H3;4,6H,1-3H3;3,5H,1-2H3,(H,6,7);2*1H4/t2*4-;3-;;/m000../s1. The number of hydrogen-bond donors (Lipinski definition) is 4. The maximum atomic E-state index is 10.5. The quantitative estimate of drug-likeness (QED) is 0.521. The number of carboxylic acids is 1. The normalized spacial score (nSPS) is 12.2. The van der Waals surface area contributed by atoms with E-state index in [1.807, 2.05) is 6.92 Å². The molecule has 0 saturated carbocycles. The molecular formula is C16H39N3O5. The van der Waals surface area contributed by atoms with Crippen LogP contribution in [0.1, 0.15) is 42.5 Å². The first-order valence-corrected chi connectivity index (χ1v) is 6.91. The molecule has 8 heteroatoms. The van der Waals surface area contributed by atoms with Crippen LogP contribution in [0.25, 0.3) is 0 Å². The summed E-state index contributed by atoms with van der Waals surface area (Å²) in [5.74, 6) is -0.863. The molecule has 0 bridgehead atoms. The Balaban J connectivity index is -0.0000000724. The van der Waals surface area contributed by atoms with E-state index in [9.17, 15) is 14.4 Å². The average Bonchev–Trinajstić information content (AvgIpc) is 2.52. The Morgan fingerprint density at radius 2 is 1.17 bits per heavy atom. The lowest BCUT2D eigenvalue weighted by Crippen LogP contribution is -2.31. The van der Waals surface area contributed by atoms with Crippen LogP contribution in [-0.4, -0.2) is 69.2 Å². The monoisotopic (exact) mass is 353 g/mol. The number of ether oxygens (including phenoxy) is 1. The fourth-order valence-corrected chi connectivity index (χ4v) is 0.621. The summed E-state index contributed by atoms with van der Waals surface area (Å²) in [4.78, 5) is 30.6. The van der Waals surface area contributed by atoms with Gasteiger partial charge in [-0.1, -0.05) is 14.9 Å². The van der Waals surface area contributed by atoms with Crippen LogP contribution in [0.2, 0.25) is 0 Å². The van der Waals surface area contributed by atoms with Gasteiger partial charge in [0, 0.05) is 0 Å². The van der Waals surface area contributed by atoms with Crippen molar-refractivity contribution in [2.24, 2.45) is 0 Å². The summed E-state index contributed by atoms with van der Waals surface area (Å²) < 4.78 is 4.40. The summed E-state index contributed by atoms with van der Waals surface area (Å²) in [6, 6.07) is -0.611. The number of aliphatic carboxylic acids is 1. The first-order valence-electron chi connectivity index (χ1n) is 6.91. The Labute approximate surface area is 147 Å². The molecule has 0 aliphatic carbocycles. The van der Waals surface area contributed by atoms with Crippen molar-refractivity contribution >= 4 is 17.7 Å². The molecule has 0 aromatic rings. The van der Waals surface area contributed by atoms with E-state index in [4.69, 9.17) is 5.11 Å². The van der Waals surface area contributed by atoms with Gasteiger partial charge in [0.15, 0.2) is 0 Å². The molecule has 0 aromatic heterocycles. The van der Waals surface area contributed by atoms with Gasteiger partial charge in [-0.2, -0.15) is 0 Å². The van der Waals surface area contributed by atoms with Crippen molar-refractivity contribution in [2.75, 3.05) is 28.3 Å². The second-order valence-corrected chi connectivity index (χ2v) is 4.50. The molecule has 0 amide bonds. The predicted octanol–water partition coefficient (Wildman–Crippen LogP) is 0.902. The van der Waals surface area contributed by atoms with Crippen LogP contribution in [0.5, 0.6) is 0 Å². The van der Waals surface area contributed by atoms with Crippen LogP contribution in [0, 0.1) is 0 Å². The van der Waals surface area contributed by atoms with E-state index in [0.717, 1.165) is 0 Å². The number of carbonyl (C=O) groups is 3. The van der Waals surface area contributed by atoms with E-state index < -0.39 is 12.0 Å². The zero-order valence-corrected chi connectivity index (χ0v) is 14.8. The number of Topliss-reactive ketones (excluding diaryl/α,β-unsaturated/α-hetero) is 1. The SMILES string of the molecule is C.C.CN[C@@H](C)C(=O)O.CN[C@@H](C)C(=O)OC.CN[C@@H](C)C(C)=O. The van der Waals surface area contributed by atoms with Crippen molar-refractivity contribution in [1.82, 2.24) is 16.0 Å². The summed E-state index contributed by atoms with van der Waals surface area (Å²) in [6.07, 6.45) is 0. The van der Waals surface area contributed by atoms with Crippen LogP contribution < -0.4 is 16.0 Å². The average molecular weight is 354 g/mol. The molecule has 0 aliphatic rings. The summed E-state index contributed by atoms with van der Waals surface area (Å²) in [5, 5.41) is 16.2. The van der Waals surface area contributed by atoms with Gasteiger partial charge in [0.2, 0.25) is 0 Å². The van der Waals surface area contributed by atoms with Gasteiger partial charge in [0.05, 0.1) is 13.2 Å². The molecule has 148 valence electrons. The molecule has 0 saturated heterocycles. The molecule has 8 nitrogen and oxygen atoms in total. The van der Waals surface area contributed by atoms with E-state index in [1.54, 1.807) is 41.9 Å². The van der Waals surface area contributed by atoms with Gasteiger partial charge in [0.25, 0.3) is 0 Å². The number of carboxylic acid groups (broad SMARTS) is 1. The number of methoxy groups -OCH3 is 1. The van der Waals surface area contributed by atoms with Gasteiger partial charge in [-0.3, -0.25) is 14.4 Å². The first kappa shape index (κ1) is 34.0. The van der Waals surface area contributed by atoms with Crippen LogP contribution in [0.4, 0.5) is 0 Å². The minimum atomic E-state index is -0.817. The largest absolute Gasteiger partial charge is 0.480 e. The summed E-state index contributed by atoms with van der Waals surface area (Å²) in [7, 11) is 6.46. The molecule has 0 aromatic carbocycles. The lowest BCUT2D eigenvalue weighted by Gasteiger charge is -2.04. The molecule has 0 rings (SSSR count). The highest BCUT2D eigenvalue weighted by molar-refractivity contribution is 5.80. The number of hydrogen-bond acceptors (Lipinski definition) is 7. The second kappa shape index (κ2) is 21.5. The first-order chi connectivity index (χ1) is 10.1. The Morgan fingerprint density at radius 1 is 0.833 bits per heavy atom. The second-order valence-electron chi connectivity index (χ2n) is 4.50. The van der Waals surface area contributed by atoms with Gasteiger partial charge in [-0.15, -0.1) is 0 Å². The van der Waals surface area contributed by atoms with Crippen molar-refractivity contribution < 1.29 is 24.2 Å². The molecule has 0 fully saturated rings. The summed E-state index contributed by atoms with van der Waals surface area (Å²) >= 11 is 0. The molecule has 0 radical (unpaired) electrons. The molecule has 0 heterocycles. The lowest BCUT2D eigenvalue weighted by atomic mass is 10.2. The van der Waals surface area contributed by atoms with E-state index in [1.165, 1.54) is 7.11 Å². The molecular weight excluding hydrogens is 314 g/mol. The number of nitrogens with one attached hydrogen (secondary N) is 3. The minimum absolute atomic E-state index is 0. The highest BCUT2D eigenvalue weighted by Gasteiger charge is 2.07. The lowest BCUT2D eigenvalue weighted by molar-refractivity contribution is -0.142. The van der Waals surface area contributed by atoms with Crippen LogP contribution in [0.15, 0.2) is 0 Å². The van der Waals surface area contributed by atoms with Crippen LogP contribution in [-0.2, 0) is 19.1 Å². The maximum absolute atomic E-state index is 10.5. The summed E-state index contributed by atoms with van der Waals surface area (Å²) in [6.45, 7) is 6.73. The Morgan fingerprint density at radius 3 is 1.21 bits per heavy atom. The third kappa shape index (κ3) is 22.8. The Bertz CT molecular complexity index is 305. The number of esters is 1. The van der Waals surface area contributed by atoms with Crippen molar-refractivity contribution in [1.29, 1.82) is 0 Å². The molecule has 4 N–H and O–H groups in total. The van der Waals surface area contributed by atoms with E-state index >= 15 is 0 Å². The molecule has 0 spiro atoms. The van der Waals surface area contributed by atoms with Gasteiger partial charge < -0.3 is 25.8 Å². The maximum Gasteiger partial charge on any atom is 0.322 e. The van der Waals surface area contributed by atoms with Crippen LogP contribution >= 0.6 is 0 Å². The smallest absolute Gasteiger partial charge is 0.322 e. The van der Waals surface area contributed by atoms with Crippen molar-refractivity contribution in [3.8, 4) is 0 Å². The van der Waals surface area contributed by atoms with Crippen molar-refractivity contribution in [2.45, 2.75) is 60.7 Å². The third-order valence-electron chi connectivity index (χ3n) is 2.83. The zero-order chi connectivity index (χ0) is 18.3. The fraction of sp³-hybridized carbons (Fsp3) is 0.812. The van der Waals surface area contributed by atoms with Gasteiger partial charge in [0.1, 0.15) is 17.9 Å². The predicted molar refractivity (Wildman–Crippen MR) is 99.4 cm³/mol. The van der Waals surface area contributed by atoms with E-state index in [-0.39, 0.29) is 38.7 Å². The molecule has 0 aliphatic heterocycles. The topological polar surface area (TPSA) is 117 Å². The van der Waals surface area contributed by atoms with Gasteiger partial charge >= 0.3 is 11.9 Å². The number of likely N-dealkylation sites (N-methyl/N-ethyl adjacent to an activating group) is 3. The van der Waals surface area contributed by atoms with Crippen molar-refractivity contribution in [3.63, 3.8) is 0 Å². The zero-order valence-electron chi connectivity index (χ0n) is 14.8. The number of carbonyl (C=O) groups excluding carboxylic acids is 2. The number of rotatable bonds is 6. The van der Waals surface area contributed by atoms with Crippen LogP contribution in [0.3, 0.4) is 0 Å². The Hall–Kier alpha value is -1.51. The molecule has 24 heavy (non-hydrogen) atoms. The fourth-order valence-electron chi connectivity index (χ4n) is 0.621. The summed E-state index contributed by atoms with van der Waals surface area (Å²) in [5.41, 5.74) is 0. The van der Waals surface area contributed by atoms with E-state index in [2.05, 4.69) is 20.7 Å². The Kier molecular flexibility index (Phi) is 30.4. The number of ketones is 1. The minimum Gasteiger partial charge on any atom is -0.480 e. The highest BCUT2D eigenvalue weighted by Crippen LogP contribution is 1.81.